The largest absolute Gasteiger partial charge is 0.493 e. The van der Waals surface area contributed by atoms with Crippen molar-refractivity contribution in [1.29, 1.82) is 0 Å². The maximum absolute atomic E-state index is 13.6. The summed E-state index contributed by atoms with van der Waals surface area (Å²) in [5, 5.41) is 1.49. The van der Waals surface area contributed by atoms with Gasteiger partial charge in [0.15, 0.2) is 11.5 Å². The van der Waals surface area contributed by atoms with Gasteiger partial charge in [-0.05, 0) is 72.7 Å². The molecule has 3 aromatic rings. The van der Waals surface area contributed by atoms with Gasteiger partial charge >= 0.3 is 0 Å². The number of nitrogens with zero attached hydrogens (tertiary/aromatic N) is 1. The number of hydrogen-bond donors (Lipinski definition) is 0. The Kier molecular flexibility index (Phi) is 5.27. The summed E-state index contributed by atoms with van der Waals surface area (Å²) in [6, 6.07) is 9.01. The normalized spacial score (nSPS) is 17.3. The quantitative estimate of drug-likeness (QED) is 0.547. The van der Waals surface area contributed by atoms with E-state index < -0.39 is 10.0 Å². The van der Waals surface area contributed by atoms with Gasteiger partial charge in [-0.3, -0.25) is 0 Å². The topological polar surface area (TPSA) is 55.8 Å². The van der Waals surface area contributed by atoms with Crippen molar-refractivity contribution in [2.75, 3.05) is 20.8 Å². The summed E-state index contributed by atoms with van der Waals surface area (Å²) in [5.41, 5.74) is 2.78. The van der Waals surface area contributed by atoms with Gasteiger partial charge in [0, 0.05) is 22.3 Å². The molecule has 1 aromatic heterocycles. The van der Waals surface area contributed by atoms with E-state index in [1.807, 2.05) is 38.1 Å². The molecule has 0 bridgehead atoms. The van der Waals surface area contributed by atoms with Crippen molar-refractivity contribution in [1.82, 2.24) is 4.31 Å². The lowest BCUT2D eigenvalue weighted by Gasteiger charge is -2.34. The minimum Gasteiger partial charge on any atom is -0.493 e. The molecule has 1 aliphatic rings. The van der Waals surface area contributed by atoms with Crippen LogP contribution in [0.25, 0.3) is 10.1 Å². The molecule has 0 unspecified atom stereocenters. The summed E-state index contributed by atoms with van der Waals surface area (Å²) in [5.74, 6) is 1.26. The summed E-state index contributed by atoms with van der Waals surface area (Å²) in [4.78, 5) is 0. The number of rotatable bonds is 4. The van der Waals surface area contributed by atoms with Gasteiger partial charge in [-0.1, -0.05) is 11.6 Å². The zero-order chi connectivity index (χ0) is 20.9. The molecule has 4 rings (SSSR count). The Morgan fingerprint density at radius 2 is 1.83 bits per heavy atom. The molecule has 0 radical (unpaired) electrons. The summed E-state index contributed by atoms with van der Waals surface area (Å²) in [6.45, 7) is 4.18. The van der Waals surface area contributed by atoms with Gasteiger partial charge in [-0.2, -0.15) is 4.31 Å². The van der Waals surface area contributed by atoms with Crippen LogP contribution in [0.2, 0.25) is 5.02 Å². The van der Waals surface area contributed by atoms with E-state index >= 15 is 0 Å². The maximum atomic E-state index is 13.6. The monoisotopic (exact) mass is 451 g/mol. The smallest absolute Gasteiger partial charge is 0.253 e. The number of methoxy groups -OCH3 is 2. The molecular formula is C21H22ClNO4S2. The number of halogens is 1. The van der Waals surface area contributed by atoms with Gasteiger partial charge in [-0.15, -0.1) is 11.3 Å². The average molecular weight is 452 g/mol. The third-order valence-electron chi connectivity index (χ3n) is 5.53. The zero-order valence-corrected chi connectivity index (χ0v) is 19.0. The Labute approximate surface area is 179 Å². The van der Waals surface area contributed by atoms with Crippen LogP contribution in [0.1, 0.15) is 29.7 Å². The summed E-state index contributed by atoms with van der Waals surface area (Å²) >= 11 is 7.42. The maximum Gasteiger partial charge on any atom is 0.253 e. The lowest BCUT2D eigenvalue weighted by Crippen LogP contribution is -2.38. The van der Waals surface area contributed by atoms with E-state index in [9.17, 15) is 8.42 Å². The van der Waals surface area contributed by atoms with Crippen molar-refractivity contribution in [2.45, 2.75) is 30.5 Å². The van der Waals surface area contributed by atoms with Crippen LogP contribution in [-0.4, -0.2) is 33.5 Å². The molecule has 0 amide bonds. The Morgan fingerprint density at radius 1 is 1.14 bits per heavy atom. The second-order valence-electron chi connectivity index (χ2n) is 7.10. The predicted octanol–water partition coefficient (Wildman–Crippen LogP) is 5.19. The van der Waals surface area contributed by atoms with E-state index in [0.717, 1.165) is 26.8 Å². The van der Waals surface area contributed by atoms with E-state index in [1.165, 1.54) is 11.3 Å². The third-order valence-corrected chi connectivity index (χ3v) is 9.60. The van der Waals surface area contributed by atoms with Gasteiger partial charge in [0.2, 0.25) is 0 Å². The van der Waals surface area contributed by atoms with Gasteiger partial charge in [0.1, 0.15) is 4.21 Å². The van der Waals surface area contributed by atoms with E-state index in [0.29, 0.717) is 33.7 Å². The van der Waals surface area contributed by atoms with Crippen molar-refractivity contribution in [3.05, 3.63) is 52.0 Å². The number of thiophene rings is 1. The Morgan fingerprint density at radius 3 is 2.52 bits per heavy atom. The molecule has 154 valence electrons. The highest BCUT2D eigenvalue weighted by atomic mass is 35.5. The molecule has 8 heteroatoms. The second-order valence-corrected chi connectivity index (χ2v) is 10.7. The summed E-state index contributed by atoms with van der Waals surface area (Å²) in [6.07, 6.45) is 0.620. The fourth-order valence-electron chi connectivity index (χ4n) is 3.97. The minimum atomic E-state index is -3.66. The molecule has 29 heavy (non-hydrogen) atoms. The van der Waals surface area contributed by atoms with Crippen LogP contribution in [-0.2, 0) is 16.4 Å². The molecule has 0 saturated heterocycles. The number of hydrogen-bond acceptors (Lipinski definition) is 5. The van der Waals surface area contributed by atoms with Gasteiger partial charge in [0.25, 0.3) is 10.0 Å². The number of ether oxygens (including phenoxy) is 2. The van der Waals surface area contributed by atoms with Crippen LogP contribution >= 0.6 is 22.9 Å². The van der Waals surface area contributed by atoms with Crippen molar-refractivity contribution in [3.63, 3.8) is 0 Å². The minimum absolute atomic E-state index is 0.309. The van der Waals surface area contributed by atoms with E-state index in [2.05, 4.69) is 0 Å². The van der Waals surface area contributed by atoms with E-state index in [1.54, 1.807) is 24.6 Å². The molecule has 2 heterocycles. The number of benzene rings is 2. The standard InChI is InChI=1S/C21H22ClNO4S2/c1-12-16-10-15(22)5-6-20(16)28-21(12)29(24,25)23-8-7-14-9-18(26-3)19(27-4)11-17(14)13(23)2/h5-6,9-11,13H,7-8H2,1-4H3/t13-/m0/s1. The first-order valence-electron chi connectivity index (χ1n) is 9.23. The fraction of sp³-hybridized carbons (Fsp3) is 0.333. The van der Waals surface area contributed by atoms with Crippen LogP contribution < -0.4 is 9.47 Å². The van der Waals surface area contributed by atoms with Crippen LogP contribution in [0.15, 0.2) is 34.5 Å². The van der Waals surface area contributed by atoms with Crippen LogP contribution in [0.3, 0.4) is 0 Å². The van der Waals surface area contributed by atoms with Crippen LogP contribution in [0.5, 0.6) is 11.5 Å². The van der Waals surface area contributed by atoms with E-state index in [-0.39, 0.29) is 6.04 Å². The molecule has 5 nitrogen and oxygen atoms in total. The number of sulfonamides is 1. The third kappa shape index (κ3) is 3.30. The Balaban J connectivity index is 1.79. The number of aryl methyl sites for hydroxylation is 1. The van der Waals surface area contributed by atoms with Gasteiger partial charge in [0.05, 0.1) is 14.2 Å². The Hall–Kier alpha value is -1.80. The van der Waals surface area contributed by atoms with E-state index in [4.69, 9.17) is 21.1 Å². The van der Waals surface area contributed by atoms with Crippen molar-refractivity contribution in [2.24, 2.45) is 0 Å². The summed E-state index contributed by atoms with van der Waals surface area (Å²) < 4.78 is 40.9. The molecule has 0 spiro atoms. The van der Waals surface area contributed by atoms with Gasteiger partial charge < -0.3 is 9.47 Å². The zero-order valence-electron chi connectivity index (χ0n) is 16.7. The molecule has 0 aliphatic carbocycles. The first-order valence-corrected chi connectivity index (χ1v) is 11.9. The second kappa shape index (κ2) is 7.47. The average Bonchev–Trinajstić information content (AvgIpc) is 3.04. The first kappa shape index (κ1) is 20.5. The van der Waals surface area contributed by atoms with Crippen LogP contribution in [0.4, 0.5) is 0 Å². The Bertz CT molecular complexity index is 1200. The van der Waals surface area contributed by atoms with Crippen molar-refractivity contribution < 1.29 is 17.9 Å². The molecular weight excluding hydrogens is 430 g/mol. The molecule has 0 saturated carbocycles. The van der Waals surface area contributed by atoms with Crippen LogP contribution in [0, 0.1) is 6.92 Å². The van der Waals surface area contributed by atoms with Crippen molar-refractivity contribution in [3.8, 4) is 11.5 Å². The molecule has 2 aromatic carbocycles. The highest BCUT2D eigenvalue weighted by Gasteiger charge is 2.36. The first-order chi connectivity index (χ1) is 13.8. The lowest BCUT2D eigenvalue weighted by atomic mass is 9.94. The highest BCUT2D eigenvalue weighted by molar-refractivity contribution is 7.91. The number of fused-ring (bicyclic) bond motifs is 2. The fourth-order valence-corrected chi connectivity index (χ4v) is 7.62. The summed E-state index contributed by atoms with van der Waals surface area (Å²) in [7, 11) is -0.476. The molecule has 1 aliphatic heterocycles. The van der Waals surface area contributed by atoms with Gasteiger partial charge in [-0.25, -0.2) is 8.42 Å². The molecule has 1 atom stereocenters. The highest BCUT2D eigenvalue weighted by Crippen LogP contribution is 2.43. The predicted molar refractivity (Wildman–Crippen MR) is 117 cm³/mol. The SMILES string of the molecule is COc1cc2c(cc1OC)[C@H](C)N(S(=O)(=O)c1sc3ccc(Cl)cc3c1C)CC2. The molecule has 0 fully saturated rings. The molecule has 0 N–H and O–H groups in total. The van der Waals surface area contributed by atoms with Crippen molar-refractivity contribution >= 4 is 43.0 Å². The lowest BCUT2D eigenvalue weighted by molar-refractivity contribution is 0.319.